The third-order valence-corrected chi connectivity index (χ3v) is 5.25. The number of hydrogen-bond acceptors (Lipinski definition) is 3. The van der Waals surface area contributed by atoms with Crippen LogP contribution in [0.3, 0.4) is 0 Å². The molecule has 2 unspecified atom stereocenters. The van der Waals surface area contributed by atoms with Gasteiger partial charge in [0.2, 0.25) is 11.8 Å². The van der Waals surface area contributed by atoms with Crippen molar-refractivity contribution in [2.75, 3.05) is 26.2 Å². The Morgan fingerprint density at radius 2 is 1.96 bits per heavy atom. The van der Waals surface area contributed by atoms with E-state index in [-0.39, 0.29) is 23.8 Å². The van der Waals surface area contributed by atoms with Crippen molar-refractivity contribution in [1.82, 2.24) is 15.5 Å². The number of rotatable bonds is 10. The molecule has 0 spiro atoms. The Bertz CT molecular complexity index is 576. The highest BCUT2D eigenvalue weighted by Crippen LogP contribution is 2.17. The van der Waals surface area contributed by atoms with Gasteiger partial charge in [0, 0.05) is 13.1 Å². The molecule has 0 radical (unpaired) electrons. The van der Waals surface area contributed by atoms with E-state index in [1.165, 1.54) is 19.3 Å². The minimum absolute atomic E-state index is 0.00396. The molecular weight excluding hydrogens is 338 g/mol. The number of benzene rings is 1. The Morgan fingerprint density at radius 3 is 2.70 bits per heavy atom. The maximum absolute atomic E-state index is 12.4. The molecule has 0 saturated carbocycles. The van der Waals surface area contributed by atoms with Gasteiger partial charge in [0.15, 0.2) is 0 Å². The summed E-state index contributed by atoms with van der Waals surface area (Å²) in [4.78, 5) is 26.9. The Hall–Kier alpha value is -1.88. The zero-order valence-corrected chi connectivity index (χ0v) is 16.9. The second-order valence-electron chi connectivity index (χ2n) is 7.63. The summed E-state index contributed by atoms with van der Waals surface area (Å²) in [5.74, 6) is 0.172. The lowest BCUT2D eigenvalue weighted by Crippen LogP contribution is -2.46. The van der Waals surface area contributed by atoms with Crippen molar-refractivity contribution < 1.29 is 9.59 Å². The predicted molar refractivity (Wildman–Crippen MR) is 109 cm³/mol. The molecule has 5 heteroatoms. The van der Waals surface area contributed by atoms with Gasteiger partial charge >= 0.3 is 0 Å². The molecule has 1 aliphatic heterocycles. The van der Waals surface area contributed by atoms with Crippen LogP contribution in [0, 0.1) is 5.92 Å². The van der Waals surface area contributed by atoms with Crippen molar-refractivity contribution in [3.8, 4) is 0 Å². The van der Waals surface area contributed by atoms with Crippen molar-refractivity contribution in [3.05, 3.63) is 35.9 Å². The highest BCUT2D eigenvalue weighted by atomic mass is 16.2. The second-order valence-corrected chi connectivity index (χ2v) is 7.63. The fraction of sp³-hybridized carbons (Fsp3) is 0.636. The molecule has 0 bridgehead atoms. The molecular formula is C22H35N3O2. The number of hydrogen-bond donors (Lipinski definition) is 2. The van der Waals surface area contributed by atoms with E-state index in [2.05, 4.69) is 22.5 Å². The maximum atomic E-state index is 12.4. The molecule has 27 heavy (non-hydrogen) atoms. The molecule has 2 amide bonds. The lowest BCUT2D eigenvalue weighted by Gasteiger charge is -2.31. The predicted octanol–water partition coefficient (Wildman–Crippen LogP) is 3.27. The number of likely N-dealkylation sites (tertiary alicyclic amines) is 1. The van der Waals surface area contributed by atoms with Gasteiger partial charge in [-0.2, -0.15) is 0 Å². The van der Waals surface area contributed by atoms with Crippen LogP contribution < -0.4 is 10.6 Å². The normalized spacial score (nSPS) is 18.7. The average molecular weight is 374 g/mol. The zero-order valence-electron chi connectivity index (χ0n) is 16.9. The Morgan fingerprint density at radius 1 is 1.19 bits per heavy atom. The van der Waals surface area contributed by atoms with Crippen molar-refractivity contribution in [2.24, 2.45) is 5.92 Å². The molecule has 0 aromatic heterocycles. The van der Waals surface area contributed by atoms with Gasteiger partial charge in [-0.05, 0) is 38.3 Å². The van der Waals surface area contributed by atoms with Crippen molar-refractivity contribution in [1.29, 1.82) is 0 Å². The standard InChI is InChI=1S/C22H35N3O2/c1-3-4-5-9-14-23-22(27)20-13-10-15-25(16-20)17-21(26)24-18(2)19-11-7-6-8-12-19/h6-8,11-12,18,20H,3-5,9-10,13-17H2,1-2H3,(H,23,27)(H,24,26). The molecule has 1 heterocycles. The molecule has 1 fully saturated rings. The molecule has 1 aromatic rings. The van der Waals surface area contributed by atoms with E-state index in [4.69, 9.17) is 0 Å². The fourth-order valence-corrected chi connectivity index (χ4v) is 3.64. The largest absolute Gasteiger partial charge is 0.356 e. The molecule has 2 rings (SSSR count). The summed E-state index contributed by atoms with van der Waals surface area (Å²) in [5.41, 5.74) is 1.10. The molecule has 5 nitrogen and oxygen atoms in total. The van der Waals surface area contributed by atoms with Crippen LogP contribution in [-0.4, -0.2) is 42.9 Å². The summed E-state index contributed by atoms with van der Waals surface area (Å²) in [6.07, 6.45) is 6.54. The SMILES string of the molecule is CCCCCCNC(=O)C1CCCN(CC(=O)NC(C)c2ccccc2)C1. The first-order valence-electron chi connectivity index (χ1n) is 10.4. The number of piperidine rings is 1. The van der Waals surface area contributed by atoms with E-state index in [0.717, 1.165) is 37.9 Å². The van der Waals surface area contributed by atoms with E-state index in [0.29, 0.717) is 13.1 Å². The summed E-state index contributed by atoms with van der Waals surface area (Å²) in [7, 11) is 0. The zero-order chi connectivity index (χ0) is 19.5. The van der Waals surface area contributed by atoms with Gasteiger partial charge in [-0.15, -0.1) is 0 Å². The van der Waals surface area contributed by atoms with Gasteiger partial charge in [-0.1, -0.05) is 56.5 Å². The quantitative estimate of drug-likeness (QED) is 0.619. The fourth-order valence-electron chi connectivity index (χ4n) is 3.64. The topological polar surface area (TPSA) is 61.4 Å². The lowest BCUT2D eigenvalue weighted by molar-refractivity contribution is -0.129. The summed E-state index contributed by atoms with van der Waals surface area (Å²) in [6.45, 7) is 6.87. The minimum atomic E-state index is -0.00860. The van der Waals surface area contributed by atoms with Crippen molar-refractivity contribution in [3.63, 3.8) is 0 Å². The second kappa shape index (κ2) is 11.8. The first-order valence-corrected chi connectivity index (χ1v) is 10.4. The monoisotopic (exact) mass is 373 g/mol. The summed E-state index contributed by atoms with van der Waals surface area (Å²) in [6, 6.07) is 9.97. The van der Waals surface area contributed by atoms with Crippen LogP contribution in [0.2, 0.25) is 0 Å². The number of nitrogens with one attached hydrogen (secondary N) is 2. The number of unbranched alkanes of at least 4 members (excludes halogenated alkanes) is 3. The smallest absolute Gasteiger partial charge is 0.234 e. The third kappa shape index (κ3) is 7.71. The summed E-state index contributed by atoms with van der Waals surface area (Å²) >= 11 is 0. The number of carbonyl (C=O) groups is 2. The highest BCUT2D eigenvalue weighted by Gasteiger charge is 2.26. The van der Waals surface area contributed by atoms with Crippen LogP contribution in [0.1, 0.15) is 64.0 Å². The van der Waals surface area contributed by atoms with Crippen LogP contribution in [0.25, 0.3) is 0 Å². The van der Waals surface area contributed by atoms with Gasteiger partial charge in [-0.3, -0.25) is 14.5 Å². The number of nitrogens with zero attached hydrogens (tertiary/aromatic N) is 1. The molecule has 2 atom stereocenters. The Labute approximate surface area is 163 Å². The van der Waals surface area contributed by atoms with E-state index in [9.17, 15) is 9.59 Å². The average Bonchev–Trinajstić information content (AvgIpc) is 2.68. The van der Waals surface area contributed by atoms with E-state index in [1.54, 1.807) is 0 Å². The number of amides is 2. The Balaban J connectivity index is 1.71. The van der Waals surface area contributed by atoms with Gasteiger partial charge in [0.25, 0.3) is 0 Å². The number of carbonyl (C=O) groups excluding carboxylic acids is 2. The lowest BCUT2D eigenvalue weighted by atomic mass is 9.97. The maximum Gasteiger partial charge on any atom is 0.234 e. The van der Waals surface area contributed by atoms with Crippen LogP contribution in [0.15, 0.2) is 30.3 Å². The molecule has 0 aliphatic carbocycles. The van der Waals surface area contributed by atoms with Crippen molar-refractivity contribution >= 4 is 11.8 Å². The van der Waals surface area contributed by atoms with Gasteiger partial charge < -0.3 is 10.6 Å². The van der Waals surface area contributed by atoms with Gasteiger partial charge in [0.05, 0.1) is 18.5 Å². The highest BCUT2D eigenvalue weighted by molar-refractivity contribution is 5.80. The van der Waals surface area contributed by atoms with Crippen LogP contribution in [-0.2, 0) is 9.59 Å². The first-order chi connectivity index (χ1) is 13.1. The first kappa shape index (κ1) is 21.4. The molecule has 1 aliphatic rings. The van der Waals surface area contributed by atoms with E-state index < -0.39 is 0 Å². The molecule has 150 valence electrons. The van der Waals surface area contributed by atoms with Crippen molar-refractivity contribution in [2.45, 2.75) is 58.4 Å². The summed E-state index contributed by atoms with van der Waals surface area (Å²) in [5, 5.41) is 6.13. The summed E-state index contributed by atoms with van der Waals surface area (Å²) < 4.78 is 0. The molecule has 2 N–H and O–H groups in total. The minimum Gasteiger partial charge on any atom is -0.356 e. The Kier molecular flexibility index (Phi) is 9.32. The molecule has 1 aromatic carbocycles. The molecule has 1 saturated heterocycles. The van der Waals surface area contributed by atoms with Crippen LogP contribution in [0.4, 0.5) is 0 Å². The van der Waals surface area contributed by atoms with Crippen LogP contribution >= 0.6 is 0 Å². The van der Waals surface area contributed by atoms with E-state index in [1.807, 2.05) is 37.3 Å². The van der Waals surface area contributed by atoms with Crippen LogP contribution in [0.5, 0.6) is 0 Å². The third-order valence-electron chi connectivity index (χ3n) is 5.25. The van der Waals surface area contributed by atoms with E-state index >= 15 is 0 Å². The van der Waals surface area contributed by atoms with Gasteiger partial charge in [-0.25, -0.2) is 0 Å². The van der Waals surface area contributed by atoms with Gasteiger partial charge in [0.1, 0.15) is 0 Å².